The van der Waals surface area contributed by atoms with Crippen molar-refractivity contribution in [3.05, 3.63) is 12.4 Å². The van der Waals surface area contributed by atoms with Gasteiger partial charge in [-0.3, -0.25) is 9.82 Å². The Balaban J connectivity index is 2.42. The highest BCUT2D eigenvalue weighted by Crippen LogP contribution is 2.05. The molecule has 7 heteroatoms. The summed E-state index contributed by atoms with van der Waals surface area (Å²) in [5.74, 6) is 0.110. The van der Waals surface area contributed by atoms with Gasteiger partial charge in [0, 0.05) is 6.20 Å². The fraction of sp³-hybridized carbons (Fsp3) is 0.571. The van der Waals surface area contributed by atoms with Gasteiger partial charge in [0.05, 0.1) is 17.6 Å². The summed E-state index contributed by atoms with van der Waals surface area (Å²) in [5, 5.41) is 9.06. The Morgan fingerprint density at radius 1 is 1.57 bits per heavy atom. The predicted octanol–water partition coefficient (Wildman–Crippen LogP) is -0.239. The molecule has 3 N–H and O–H groups in total. The molecule has 0 fully saturated rings. The summed E-state index contributed by atoms with van der Waals surface area (Å²) >= 11 is 0. The van der Waals surface area contributed by atoms with Gasteiger partial charge in [-0.1, -0.05) is 0 Å². The molecule has 14 heavy (non-hydrogen) atoms. The minimum atomic E-state index is -3.23. The molecule has 0 saturated carbocycles. The topological polar surface area (TPSA) is 86.9 Å². The molecule has 0 bridgehead atoms. The molecule has 1 heterocycles. The first-order chi connectivity index (χ1) is 6.64. The van der Waals surface area contributed by atoms with E-state index in [0.29, 0.717) is 18.7 Å². The minimum Gasteiger partial charge on any atom is -0.320 e. The lowest BCUT2D eigenvalue weighted by Crippen LogP contribution is -2.19. The standard InChI is InChI=1S/C7H14N4O2S/c1-8-3-2-4-14(12,13)11-7-5-9-10-6-7/h5-6,8,11H,2-4H2,1H3,(H,9,10). The van der Waals surface area contributed by atoms with Crippen molar-refractivity contribution in [1.29, 1.82) is 0 Å². The van der Waals surface area contributed by atoms with Crippen molar-refractivity contribution in [1.82, 2.24) is 15.5 Å². The van der Waals surface area contributed by atoms with Crippen LogP contribution in [0.2, 0.25) is 0 Å². The van der Waals surface area contributed by atoms with Crippen molar-refractivity contribution in [3.8, 4) is 0 Å². The Labute approximate surface area is 83.1 Å². The van der Waals surface area contributed by atoms with E-state index in [1.807, 2.05) is 0 Å². The normalized spacial score (nSPS) is 11.5. The van der Waals surface area contributed by atoms with Crippen LogP contribution in [-0.4, -0.2) is 38.0 Å². The van der Waals surface area contributed by atoms with Crippen LogP contribution in [0.4, 0.5) is 5.69 Å². The molecule has 1 aromatic rings. The Hall–Kier alpha value is -1.08. The third-order valence-corrected chi connectivity index (χ3v) is 2.98. The first kappa shape index (κ1) is 11.0. The Kier molecular flexibility index (Phi) is 3.90. The average Bonchev–Trinajstić information content (AvgIpc) is 2.56. The van der Waals surface area contributed by atoms with Crippen molar-refractivity contribution >= 4 is 15.7 Å². The number of hydrogen-bond donors (Lipinski definition) is 3. The van der Waals surface area contributed by atoms with Gasteiger partial charge in [0.15, 0.2) is 0 Å². The Bertz CT molecular complexity index is 346. The summed E-state index contributed by atoms with van der Waals surface area (Å²) in [7, 11) is -1.44. The average molecular weight is 218 g/mol. The van der Waals surface area contributed by atoms with Crippen LogP contribution in [0, 0.1) is 0 Å². The van der Waals surface area contributed by atoms with Gasteiger partial charge in [-0.05, 0) is 20.0 Å². The first-order valence-corrected chi connectivity index (χ1v) is 5.93. The van der Waals surface area contributed by atoms with Crippen molar-refractivity contribution < 1.29 is 8.42 Å². The fourth-order valence-corrected chi connectivity index (χ4v) is 2.07. The van der Waals surface area contributed by atoms with Gasteiger partial charge >= 0.3 is 0 Å². The second kappa shape index (κ2) is 4.97. The number of aromatic amines is 1. The van der Waals surface area contributed by atoms with E-state index in [1.165, 1.54) is 12.4 Å². The molecule has 0 aliphatic rings. The lowest BCUT2D eigenvalue weighted by Gasteiger charge is -2.04. The predicted molar refractivity (Wildman–Crippen MR) is 54.5 cm³/mol. The zero-order chi connectivity index (χ0) is 10.4. The monoisotopic (exact) mass is 218 g/mol. The summed E-state index contributed by atoms with van der Waals surface area (Å²) in [6.45, 7) is 0.687. The maximum Gasteiger partial charge on any atom is 0.232 e. The summed E-state index contributed by atoms with van der Waals surface area (Å²) in [6.07, 6.45) is 3.51. The number of hydrogen-bond acceptors (Lipinski definition) is 4. The summed E-state index contributed by atoms with van der Waals surface area (Å²) in [5.41, 5.74) is 0.467. The highest BCUT2D eigenvalue weighted by molar-refractivity contribution is 7.92. The van der Waals surface area contributed by atoms with Gasteiger partial charge in [-0.2, -0.15) is 5.10 Å². The molecule has 0 saturated heterocycles. The highest BCUT2D eigenvalue weighted by Gasteiger charge is 2.09. The summed E-state index contributed by atoms with van der Waals surface area (Å²) in [6, 6.07) is 0. The quantitative estimate of drug-likeness (QED) is 0.575. The number of H-pyrrole nitrogens is 1. The van der Waals surface area contributed by atoms with Crippen LogP contribution in [0.5, 0.6) is 0 Å². The molecule has 0 spiro atoms. The van der Waals surface area contributed by atoms with Crippen LogP contribution >= 0.6 is 0 Å². The van der Waals surface area contributed by atoms with Crippen LogP contribution in [-0.2, 0) is 10.0 Å². The number of nitrogens with one attached hydrogen (secondary N) is 3. The van der Waals surface area contributed by atoms with Gasteiger partial charge in [0.1, 0.15) is 0 Å². The molecular formula is C7H14N4O2S. The summed E-state index contributed by atoms with van der Waals surface area (Å²) in [4.78, 5) is 0. The van der Waals surface area contributed by atoms with Crippen molar-refractivity contribution in [2.75, 3.05) is 24.1 Å². The molecule has 6 nitrogen and oxygen atoms in total. The molecule has 1 aromatic heterocycles. The zero-order valence-corrected chi connectivity index (χ0v) is 8.76. The second-order valence-corrected chi connectivity index (χ2v) is 4.71. The highest BCUT2D eigenvalue weighted by atomic mass is 32.2. The third kappa shape index (κ3) is 3.75. The van der Waals surface area contributed by atoms with Gasteiger partial charge in [0.2, 0.25) is 10.0 Å². The maximum absolute atomic E-state index is 11.4. The summed E-state index contributed by atoms with van der Waals surface area (Å²) < 4.78 is 25.2. The van der Waals surface area contributed by atoms with Crippen LogP contribution in [0.15, 0.2) is 12.4 Å². The van der Waals surface area contributed by atoms with Gasteiger partial charge in [-0.15, -0.1) is 0 Å². The lowest BCUT2D eigenvalue weighted by atomic mass is 10.5. The third-order valence-electron chi connectivity index (χ3n) is 1.61. The van der Waals surface area contributed by atoms with E-state index in [0.717, 1.165) is 0 Å². The van der Waals surface area contributed by atoms with Crippen LogP contribution in [0.25, 0.3) is 0 Å². The van der Waals surface area contributed by atoms with Crippen LogP contribution in [0.1, 0.15) is 6.42 Å². The van der Waals surface area contributed by atoms with Gasteiger partial charge in [-0.25, -0.2) is 8.42 Å². The van der Waals surface area contributed by atoms with E-state index in [1.54, 1.807) is 7.05 Å². The molecule has 0 aromatic carbocycles. The molecule has 0 aliphatic heterocycles. The van der Waals surface area contributed by atoms with E-state index in [9.17, 15) is 8.42 Å². The van der Waals surface area contributed by atoms with Gasteiger partial charge in [0.25, 0.3) is 0 Å². The molecule has 0 atom stereocenters. The van der Waals surface area contributed by atoms with E-state index in [-0.39, 0.29) is 5.75 Å². The largest absolute Gasteiger partial charge is 0.320 e. The minimum absolute atomic E-state index is 0.110. The molecule has 0 radical (unpaired) electrons. The van der Waals surface area contributed by atoms with Crippen LogP contribution in [0.3, 0.4) is 0 Å². The van der Waals surface area contributed by atoms with Crippen molar-refractivity contribution in [2.24, 2.45) is 0 Å². The molecule has 0 aliphatic carbocycles. The van der Waals surface area contributed by atoms with E-state index >= 15 is 0 Å². The number of anilines is 1. The molecule has 0 unspecified atom stereocenters. The van der Waals surface area contributed by atoms with Gasteiger partial charge < -0.3 is 5.32 Å². The van der Waals surface area contributed by atoms with E-state index in [2.05, 4.69) is 20.2 Å². The van der Waals surface area contributed by atoms with Crippen LogP contribution < -0.4 is 10.0 Å². The number of aromatic nitrogens is 2. The Morgan fingerprint density at radius 3 is 2.93 bits per heavy atom. The van der Waals surface area contributed by atoms with E-state index < -0.39 is 10.0 Å². The zero-order valence-electron chi connectivity index (χ0n) is 7.95. The number of rotatable bonds is 6. The van der Waals surface area contributed by atoms with Crippen molar-refractivity contribution in [2.45, 2.75) is 6.42 Å². The molecule has 80 valence electrons. The fourth-order valence-electron chi connectivity index (χ4n) is 0.976. The Morgan fingerprint density at radius 2 is 2.36 bits per heavy atom. The molecular weight excluding hydrogens is 204 g/mol. The molecule has 1 rings (SSSR count). The first-order valence-electron chi connectivity index (χ1n) is 4.28. The number of sulfonamides is 1. The second-order valence-electron chi connectivity index (χ2n) is 2.87. The lowest BCUT2D eigenvalue weighted by molar-refractivity contribution is 0.597. The SMILES string of the molecule is CNCCCS(=O)(=O)Nc1cn[nH]c1. The molecule has 0 amide bonds. The maximum atomic E-state index is 11.4. The number of nitrogens with zero attached hydrogens (tertiary/aromatic N) is 1. The van der Waals surface area contributed by atoms with Crippen molar-refractivity contribution in [3.63, 3.8) is 0 Å². The van der Waals surface area contributed by atoms with E-state index in [4.69, 9.17) is 0 Å². The smallest absolute Gasteiger partial charge is 0.232 e.